The van der Waals surface area contributed by atoms with Gasteiger partial charge in [-0.25, -0.2) is 4.98 Å². The molecule has 1 aliphatic rings. The summed E-state index contributed by atoms with van der Waals surface area (Å²) in [6, 6.07) is 5.24. The zero-order valence-corrected chi connectivity index (χ0v) is 14.3. The average Bonchev–Trinajstić information content (AvgIpc) is 3.10. The summed E-state index contributed by atoms with van der Waals surface area (Å²) in [4.78, 5) is 29.0. The number of hydrogen-bond donors (Lipinski definition) is 1. The second-order valence-corrected chi connectivity index (χ2v) is 6.26. The zero-order chi connectivity index (χ0) is 17.3. The predicted molar refractivity (Wildman–Crippen MR) is 92.3 cm³/mol. The molecule has 2 atom stereocenters. The van der Waals surface area contributed by atoms with Crippen LogP contribution in [0.3, 0.4) is 0 Å². The van der Waals surface area contributed by atoms with Gasteiger partial charge in [0.2, 0.25) is 0 Å². The van der Waals surface area contributed by atoms with Gasteiger partial charge in [0.05, 0.1) is 23.2 Å². The molecule has 128 valence electrons. The molecular weight excluding hydrogens is 306 g/mol. The fraction of sp³-hybridized carbons (Fsp3) is 0.500. The zero-order valence-electron chi connectivity index (χ0n) is 14.3. The minimum Gasteiger partial charge on any atom is -0.376 e. The van der Waals surface area contributed by atoms with Crippen LogP contribution in [0.1, 0.15) is 42.7 Å². The Labute approximate surface area is 140 Å². The topological polar surface area (TPSA) is 73.2 Å². The summed E-state index contributed by atoms with van der Waals surface area (Å²) in [5.41, 5.74) is 2.30. The second-order valence-electron chi connectivity index (χ2n) is 6.26. The molecule has 1 amide bonds. The van der Waals surface area contributed by atoms with Gasteiger partial charge in [-0.05, 0) is 51.8 Å². The van der Waals surface area contributed by atoms with Crippen LogP contribution in [0.25, 0.3) is 11.0 Å². The third-order valence-corrected chi connectivity index (χ3v) is 4.57. The molecule has 0 saturated carbocycles. The number of benzene rings is 1. The number of nitrogens with one attached hydrogen (secondary N) is 1. The van der Waals surface area contributed by atoms with Crippen LogP contribution in [0.4, 0.5) is 0 Å². The van der Waals surface area contributed by atoms with E-state index in [0.717, 1.165) is 25.0 Å². The van der Waals surface area contributed by atoms with Gasteiger partial charge in [-0.15, -0.1) is 0 Å². The lowest BCUT2D eigenvalue weighted by Crippen LogP contribution is -2.40. The molecule has 0 radical (unpaired) electrons. The normalized spacial score (nSPS) is 18.7. The van der Waals surface area contributed by atoms with Crippen molar-refractivity contribution in [3.05, 3.63) is 39.8 Å². The van der Waals surface area contributed by atoms with E-state index in [0.29, 0.717) is 23.3 Å². The van der Waals surface area contributed by atoms with Crippen LogP contribution < -0.4 is 10.9 Å². The van der Waals surface area contributed by atoms with Crippen LogP contribution in [0.15, 0.2) is 23.0 Å². The van der Waals surface area contributed by atoms with Gasteiger partial charge in [0, 0.05) is 18.7 Å². The molecule has 3 rings (SSSR count). The number of amides is 1. The smallest absolute Gasteiger partial charge is 0.272 e. The predicted octanol–water partition coefficient (Wildman–Crippen LogP) is 2.02. The number of aryl methyl sites for hydroxylation is 2. The molecule has 0 bridgehead atoms. The first kappa shape index (κ1) is 16.6. The van der Waals surface area contributed by atoms with Crippen molar-refractivity contribution in [2.24, 2.45) is 0 Å². The Balaban J connectivity index is 1.88. The number of fused-ring (bicyclic) bond motifs is 1. The molecule has 1 N–H and O–H groups in total. The first-order valence-corrected chi connectivity index (χ1v) is 8.45. The Morgan fingerprint density at radius 2 is 2.29 bits per heavy atom. The van der Waals surface area contributed by atoms with Crippen molar-refractivity contribution in [3.63, 3.8) is 0 Å². The molecule has 1 aliphatic heterocycles. The SMILES string of the molecule is CCn1c(=O)c(C)nc2cc(C(=O)N[C@H](C)[C@H]3CCCO3)ccc21. The molecule has 0 unspecified atom stereocenters. The highest BCUT2D eigenvalue weighted by Gasteiger charge is 2.24. The number of nitrogens with zero attached hydrogens (tertiary/aromatic N) is 2. The van der Waals surface area contributed by atoms with Gasteiger partial charge in [0.15, 0.2) is 0 Å². The minimum atomic E-state index is -0.145. The molecule has 0 aliphatic carbocycles. The molecule has 1 saturated heterocycles. The molecular formula is C18H23N3O3. The standard InChI is InChI=1S/C18H23N3O3/c1-4-21-15-8-7-13(10-14(15)19-12(3)18(21)23)17(22)20-11(2)16-6-5-9-24-16/h7-8,10-11,16H,4-6,9H2,1-3H3,(H,20,22)/t11-,16-/m1/s1. The molecule has 2 aromatic rings. The van der Waals surface area contributed by atoms with Crippen LogP contribution in [-0.2, 0) is 11.3 Å². The third kappa shape index (κ3) is 3.06. The number of hydrogen-bond acceptors (Lipinski definition) is 4. The number of rotatable bonds is 4. The fourth-order valence-electron chi connectivity index (χ4n) is 3.21. The van der Waals surface area contributed by atoms with E-state index < -0.39 is 0 Å². The fourth-order valence-corrected chi connectivity index (χ4v) is 3.21. The summed E-state index contributed by atoms with van der Waals surface area (Å²) >= 11 is 0. The maximum Gasteiger partial charge on any atom is 0.272 e. The highest BCUT2D eigenvalue weighted by Crippen LogP contribution is 2.17. The van der Waals surface area contributed by atoms with Gasteiger partial charge in [-0.2, -0.15) is 0 Å². The van der Waals surface area contributed by atoms with Crippen LogP contribution in [-0.4, -0.2) is 34.2 Å². The van der Waals surface area contributed by atoms with E-state index in [1.807, 2.05) is 13.8 Å². The van der Waals surface area contributed by atoms with E-state index in [9.17, 15) is 9.59 Å². The average molecular weight is 329 g/mol. The van der Waals surface area contributed by atoms with Gasteiger partial charge < -0.3 is 14.6 Å². The summed E-state index contributed by atoms with van der Waals surface area (Å²) in [6.45, 7) is 6.91. The minimum absolute atomic E-state index is 0.0324. The number of aromatic nitrogens is 2. The third-order valence-electron chi connectivity index (χ3n) is 4.57. The molecule has 2 heterocycles. The van der Waals surface area contributed by atoms with E-state index in [1.54, 1.807) is 29.7 Å². The van der Waals surface area contributed by atoms with Crippen molar-refractivity contribution >= 4 is 16.9 Å². The van der Waals surface area contributed by atoms with E-state index in [1.165, 1.54) is 0 Å². The van der Waals surface area contributed by atoms with Crippen molar-refractivity contribution in [2.75, 3.05) is 6.61 Å². The quantitative estimate of drug-likeness (QED) is 0.931. The number of carbonyl (C=O) groups is 1. The Morgan fingerprint density at radius 3 is 2.96 bits per heavy atom. The van der Waals surface area contributed by atoms with Crippen molar-refractivity contribution < 1.29 is 9.53 Å². The summed E-state index contributed by atoms with van der Waals surface area (Å²) in [7, 11) is 0. The van der Waals surface area contributed by atoms with Crippen molar-refractivity contribution in [1.82, 2.24) is 14.9 Å². The molecule has 24 heavy (non-hydrogen) atoms. The molecule has 0 spiro atoms. The largest absolute Gasteiger partial charge is 0.376 e. The van der Waals surface area contributed by atoms with Gasteiger partial charge >= 0.3 is 0 Å². The van der Waals surface area contributed by atoms with E-state index in [2.05, 4.69) is 10.3 Å². The van der Waals surface area contributed by atoms with Gasteiger partial charge in [0.25, 0.3) is 11.5 Å². The number of ether oxygens (including phenoxy) is 1. The summed E-state index contributed by atoms with van der Waals surface area (Å²) < 4.78 is 7.29. The van der Waals surface area contributed by atoms with Crippen LogP contribution >= 0.6 is 0 Å². The lowest BCUT2D eigenvalue weighted by atomic mass is 10.1. The summed E-state index contributed by atoms with van der Waals surface area (Å²) in [5.74, 6) is -0.145. The van der Waals surface area contributed by atoms with Crippen molar-refractivity contribution in [3.8, 4) is 0 Å². The Bertz CT molecular complexity index is 822. The highest BCUT2D eigenvalue weighted by molar-refractivity contribution is 5.97. The monoisotopic (exact) mass is 329 g/mol. The van der Waals surface area contributed by atoms with Crippen LogP contribution in [0.2, 0.25) is 0 Å². The first-order chi connectivity index (χ1) is 11.5. The molecule has 6 nitrogen and oxygen atoms in total. The number of carbonyl (C=O) groups excluding carboxylic acids is 1. The van der Waals surface area contributed by atoms with Crippen molar-refractivity contribution in [1.29, 1.82) is 0 Å². The van der Waals surface area contributed by atoms with Crippen LogP contribution in [0.5, 0.6) is 0 Å². The highest BCUT2D eigenvalue weighted by atomic mass is 16.5. The van der Waals surface area contributed by atoms with Crippen molar-refractivity contribution in [2.45, 2.75) is 52.3 Å². The summed E-state index contributed by atoms with van der Waals surface area (Å²) in [6.07, 6.45) is 2.10. The van der Waals surface area contributed by atoms with E-state index >= 15 is 0 Å². The van der Waals surface area contributed by atoms with Crippen LogP contribution in [0, 0.1) is 6.92 Å². The van der Waals surface area contributed by atoms with Gasteiger partial charge in [-0.1, -0.05) is 0 Å². The lowest BCUT2D eigenvalue weighted by molar-refractivity contribution is 0.0712. The molecule has 1 fully saturated rings. The summed E-state index contributed by atoms with van der Waals surface area (Å²) in [5, 5.41) is 3.00. The van der Waals surface area contributed by atoms with Gasteiger partial charge in [0.1, 0.15) is 5.69 Å². The van der Waals surface area contributed by atoms with E-state index in [-0.39, 0.29) is 23.6 Å². The molecule has 1 aromatic carbocycles. The lowest BCUT2D eigenvalue weighted by Gasteiger charge is -2.20. The Kier molecular flexibility index (Phi) is 4.66. The molecule has 6 heteroatoms. The van der Waals surface area contributed by atoms with Gasteiger partial charge in [-0.3, -0.25) is 9.59 Å². The Morgan fingerprint density at radius 1 is 1.50 bits per heavy atom. The first-order valence-electron chi connectivity index (χ1n) is 8.45. The maximum atomic E-state index is 12.5. The Hall–Kier alpha value is -2.21. The second kappa shape index (κ2) is 6.73. The maximum absolute atomic E-state index is 12.5. The van der Waals surface area contributed by atoms with E-state index in [4.69, 9.17) is 4.74 Å². The molecule has 1 aromatic heterocycles.